The summed E-state index contributed by atoms with van der Waals surface area (Å²) in [5.41, 5.74) is 3.75. The number of halogens is 2. The van der Waals surface area contributed by atoms with E-state index in [1.165, 1.54) is 25.5 Å². The molecule has 3 rings (SSSR count). The Morgan fingerprint density at radius 3 is 2.43 bits per heavy atom. The van der Waals surface area contributed by atoms with Gasteiger partial charge in [-0.05, 0) is 54.1 Å². The lowest BCUT2D eigenvalue weighted by Crippen LogP contribution is -2.17. The Morgan fingerprint density at radius 2 is 1.73 bits per heavy atom. The maximum Gasteiger partial charge on any atom is 0.345 e. The van der Waals surface area contributed by atoms with Crippen molar-refractivity contribution in [2.24, 2.45) is 5.10 Å². The van der Waals surface area contributed by atoms with Gasteiger partial charge in [0, 0.05) is 10.6 Å². The number of nitrogens with one attached hydrogen (secondary N) is 1. The molecule has 0 unspecified atom stereocenters. The Labute approximate surface area is 183 Å². The molecular weight excluding hydrogens is 427 g/mol. The Balaban J connectivity index is 1.70. The maximum absolute atomic E-state index is 12.4. The predicted molar refractivity (Wildman–Crippen MR) is 116 cm³/mol. The third kappa shape index (κ3) is 5.37. The highest BCUT2D eigenvalue weighted by Gasteiger charge is 2.16. The number of rotatable bonds is 6. The monoisotopic (exact) mass is 442 g/mol. The van der Waals surface area contributed by atoms with Crippen molar-refractivity contribution in [1.82, 2.24) is 5.43 Å². The van der Waals surface area contributed by atoms with E-state index in [4.69, 9.17) is 32.7 Å². The molecule has 0 atom stereocenters. The largest absolute Gasteiger partial charge is 0.493 e. The van der Waals surface area contributed by atoms with Crippen LogP contribution < -0.4 is 14.9 Å². The molecule has 0 saturated heterocycles. The Kier molecular flexibility index (Phi) is 7.06. The highest BCUT2D eigenvalue weighted by molar-refractivity contribution is 6.36. The fraction of sp³-hybridized carbons (Fsp3) is 0.0455. The van der Waals surface area contributed by atoms with Crippen LogP contribution in [0.2, 0.25) is 10.0 Å². The van der Waals surface area contributed by atoms with Gasteiger partial charge in [0.05, 0.1) is 23.9 Å². The third-order valence-corrected chi connectivity index (χ3v) is 4.50. The zero-order valence-electron chi connectivity index (χ0n) is 15.8. The van der Waals surface area contributed by atoms with E-state index in [1.807, 2.05) is 6.07 Å². The standard InChI is InChI=1S/C22H16Cl2N2O4/c1-29-20-11-14(13-25-26-21(27)15-5-3-2-4-6-15)7-10-19(20)30-22(28)17-9-8-16(23)12-18(17)24/h2-13H,1H3,(H,26,27)/b25-13+. The van der Waals surface area contributed by atoms with E-state index in [-0.39, 0.29) is 22.2 Å². The molecule has 6 nitrogen and oxygen atoms in total. The van der Waals surface area contributed by atoms with Crippen LogP contribution in [0.25, 0.3) is 0 Å². The number of esters is 1. The molecule has 1 amide bonds. The second-order valence-electron chi connectivity index (χ2n) is 5.99. The van der Waals surface area contributed by atoms with Crippen LogP contribution in [-0.4, -0.2) is 25.2 Å². The van der Waals surface area contributed by atoms with E-state index >= 15 is 0 Å². The minimum absolute atomic E-state index is 0.178. The first kappa shape index (κ1) is 21.4. The number of amides is 1. The van der Waals surface area contributed by atoms with Gasteiger partial charge >= 0.3 is 5.97 Å². The number of hydrogen-bond acceptors (Lipinski definition) is 5. The number of carbonyl (C=O) groups excluding carboxylic acids is 2. The summed E-state index contributed by atoms with van der Waals surface area (Å²) >= 11 is 11.9. The number of nitrogens with zero attached hydrogens (tertiary/aromatic N) is 1. The van der Waals surface area contributed by atoms with Crippen molar-refractivity contribution in [2.75, 3.05) is 7.11 Å². The van der Waals surface area contributed by atoms with Crippen molar-refractivity contribution in [1.29, 1.82) is 0 Å². The summed E-state index contributed by atoms with van der Waals surface area (Å²) in [5.74, 6) is -0.457. The van der Waals surface area contributed by atoms with Gasteiger partial charge in [0.2, 0.25) is 0 Å². The van der Waals surface area contributed by atoms with Gasteiger partial charge in [-0.2, -0.15) is 5.10 Å². The third-order valence-electron chi connectivity index (χ3n) is 3.96. The lowest BCUT2D eigenvalue weighted by Gasteiger charge is -2.10. The van der Waals surface area contributed by atoms with Gasteiger partial charge in [-0.3, -0.25) is 4.79 Å². The van der Waals surface area contributed by atoms with Crippen LogP contribution in [0.15, 0.2) is 71.8 Å². The van der Waals surface area contributed by atoms with Crippen LogP contribution in [0, 0.1) is 0 Å². The van der Waals surface area contributed by atoms with Crippen molar-refractivity contribution in [3.05, 3.63) is 93.5 Å². The summed E-state index contributed by atoms with van der Waals surface area (Å²) in [5, 5.41) is 4.53. The molecule has 30 heavy (non-hydrogen) atoms. The molecule has 1 N–H and O–H groups in total. The van der Waals surface area contributed by atoms with Crippen LogP contribution >= 0.6 is 23.2 Å². The van der Waals surface area contributed by atoms with Crippen molar-refractivity contribution >= 4 is 41.3 Å². The second kappa shape index (κ2) is 9.91. The van der Waals surface area contributed by atoms with E-state index in [0.29, 0.717) is 21.9 Å². The lowest BCUT2D eigenvalue weighted by atomic mass is 10.2. The first-order valence-electron chi connectivity index (χ1n) is 8.71. The number of ether oxygens (including phenoxy) is 2. The minimum atomic E-state index is -0.647. The van der Waals surface area contributed by atoms with E-state index in [9.17, 15) is 9.59 Å². The molecule has 0 heterocycles. The molecule has 0 aliphatic rings. The number of methoxy groups -OCH3 is 1. The number of hydrogen-bond donors (Lipinski definition) is 1. The lowest BCUT2D eigenvalue weighted by molar-refractivity contribution is 0.0729. The summed E-state index contributed by atoms with van der Waals surface area (Å²) in [6.45, 7) is 0. The van der Waals surface area contributed by atoms with E-state index < -0.39 is 5.97 Å². The molecule has 8 heteroatoms. The van der Waals surface area contributed by atoms with Crippen LogP contribution in [0.5, 0.6) is 11.5 Å². The smallest absolute Gasteiger partial charge is 0.345 e. The summed E-state index contributed by atoms with van der Waals surface area (Å²) in [7, 11) is 1.44. The molecule has 0 aliphatic carbocycles. The van der Waals surface area contributed by atoms with Gasteiger partial charge in [-0.1, -0.05) is 41.4 Å². The van der Waals surface area contributed by atoms with Gasteiger partial charge < -0.3 is 9.47 Å². The first-order chi connectivity index (χ1) is 14.5. The molecule has 0 saturated carbocycles. The van der Waals surface area contributed by atoms with Crippen LogP contribution in [0.3, 0.4) is 0 Å². The van der Waals surface area contributed by atoms with Gasteiger partial charge in [0.1, 0.15) is 0 Å². The highest BCUT2D eigenvalue weighted by Crippen LogP contribution is 2.29. The highest BCUT2D eigenvalue weighted by atomic mass is 35.5. The molecular formula is C22H16Cl2N2O4. The number of benzene rings is 3. The van der Waals surface area contributed by atoms with Gasteiger partial charge in [0.15, 0.2) is 11.5 Å². The Morgan fingerprint density at radius 1 is 0.967 bits per heavy atom. The second-order valence-corrected chi connectivity index (χ2v) is 6.83. The van der Waals surface area contributed by atoms with E-state index in [0.717, 1.165) is 0 Å². The minimum Gasteiger partial charge on any atom is -0.493 e. The van der Waals surface area contributed by atoms with Crippen molar-refractivity contribution in [3.8, 4) is 11.5 Å². The first-order valence-corrected chi connectivity index (χ1v) is 9.47. The molecule has 0 spiro atoms. The fourth-order valence-electron chi connectivity index (χ4n) is 2.48. The molecule has 0 bridgehead atoms. The van der Waals surface area contributed by atoms with E-state index in [2.05, 4.69) is 10.5 Å². The summed E-state index contributed by atoms with van der Waals surface area (Å²) in [6, 6.07) is 18.0. The molecule has 152 valence electrons. The maximum atomic E-state index is 12.4. The quantitative estimate of drug-likeness (QED) is 0.252. The van der Waals surface area contributed by atoms with Gasteiger partial charge in [-0.25, -0.2) is 10.2 Å². The Bertz CT molecular complexity index is 1100. The van der Waals surface area contributed by atoms with Crippen molar-refractivity contribution in [3.63, 3.8) is 0 Å². The molecule has 3 aromatic carbocycles. The summed E-state index contributed by atoms with van der Waals surface area (Å²) in [6.07, 6.45) is 1.45. The zero-order valence-corrected chi connectivity index (χ0v) is 17.3. The molecule has 0 fully saturated rings. The van der Waals surface area contributed by atoms with Gasteiger partial charge in [-0.15, -0.1) is 0 Å². The molecule has 3 aromatic rings. The van der Waals surface area contributed by atoms with Crippen LogP contribution in [0.4, 0.5) is 0 Å². The van der Waals surface area contributed by atoms with Crippen molar-refractivity contribution < 1.29 is 19.1 Å². The predicted octanol–water partition coefficient (Wildman–Crippen LogP) is 4.99. The average molecular weight is 443 g/mol. The topological polar surface area (TPSA) is 77.0 Å². The molecule has 0 aliphatic heterocycles. The van der Waals surface area contributed by atoms with E-state index in [1.54, 1.807) is 48.5 Å². The Hall–Kier alpha value is -3.35. The average Bonchev–Trinajstić information content (AvgIpc) is 2.75. The SMILES string of the molecule is COc1cc(/C=N/NC(=O)c2ccccc2)ccc1OC(=O)c1ccc(Cl)cc1Cl. The van der Waals surface area contributed by atoms with Gasteiger partial charge in [0.25, 0.3) is 5.91 Å². The number of hydrazone groups is 1. The van der Waals surface area contributed by atoms with Crippen molar-refractivity contribution in [2.45, 2.75) is 0 Å². The van der Waals surface area contributed by atoms with Crippen LogP contribution in [-0.2, 0) is 0 Å². The molecule has 0 aromatic heterocycles. The summed E-state index contributed by atoms with van der Waals surface area (Å²) in [4.78, 5) is 24.4. The molecule has 0 radical (unpaired) electrons. The zero-order chi connectivity index (χ0) is 21.5. The normalized spacial score (nSPS) is 10.6. The number of carbonyl (C=O) groups is 2. The fourth-order valence-corrected chi connectivity index (χ4v) is 2.96. The van der Waals surface area contributed by atoms with Crippen LogP contribution in [0.1, 0.15) is 26.3 Å². The summed E-state index contributed by atoms with van der Waals surface area (Å²) < 4.78 is 10.7.